The molecule has 1 amide bonds. The van der Waals surface area contributed by atoms with Crippen molar-refractivity contribution < 1.29 is 4.79 Å². The van der Waals surface area contributed by atoms with Gasteiger partial charge in [-0.3, -0.25) is 4.79 Å². The molecule has 118 valence electrons. The van der Waals surface area contributed by atoms with E-state index in [1.807, 2.05) is 19.9 Å². The van der Waals surface area contributed by atoms with Crippen LogP contribution >= 0.6 is 0 Å². The van der Waals surface area contributed by atoms with E-state index < -0.39 is 0 Å². The minimum Gasteiger partial charge on any atom is -0.366 e. The van der Waals surface area contributed by atoms with E-state index in [2.05, 4.69) is 37.9 Å². The molecule has 0 bridgehead atoms. The summed E-state index contributed by atoms with van der Waals surface area (Å²) in [6.07, 6.45) is 3.36. The summed E-state index contributed by atoms with van der Waals surface area (Å²) in [6.45, 7) is 12.1. The quantitative estimate of drug-likeness (QED) is 0.615. The van der Waals surface area contributed by atoms with E-state index in [4.69, 9.17) is 5.73 Å². The highest BCUT2D eigenvalue weighted by Crippen LogP contribution is 2.38. The van der Waals surface area contributed by atoms with E-state index in [9.17, 15) is 10.1 Å². The highest BCUT2D eigenvalue weighted by molar-refractivity contribution is 5.97. The Hall–Kier alpha value is -1.54. The summed E-state index contributed by atoms with van der Waals surface area (Å²) in [5.74, 6) is -0.325. The average molecular weight is 292 g/mol. The maximum Gasteiger partial charge on any atom is 0.263 e. The van der Waals surface area contributed by atoms with Crippen molar-refractivity contribution in [1.82, 2.24) is 10.2 Å². The van der Waals surface area contributed by atoms with Crippen molar-refractivity contribution in [2.75, 3.05) is 0 Å². The van der Waals surface area contributed by atoms with Crippen molar-refractivity contribution in [3.05, 3.63) is 11.8 Å². The Morgan fingerprint density at radius 3 is 2.19 bits per heavy atom. The van der Waals surface area contributed by atoms with Gasteiger partial charge in [-0.05, 0) is 54.4 Å². The molecule has 0 unspecified atom stereocenters. The summed E-state index contributed by atoms with van der Waals surface area (Å²) in [6, 6.07) is 2.16. The van der Waals surface area contributed by atoms with Gasteiger partial charge in [-0.1, -0.05) is 0 Å². The lowest BCUT2D eigenvalue weighted by molar-refractivity contribution is -0.117. The number of rotatable bonds is 3. The number of nitrogens with one attached hydrogen (secondary N) is 1. The molecular formula is C16H28N4O. The molecule has 1 heterocycles. The number of likely N-dealkylation sites (tertiary alicyclic amines) is 1. The van der Waals surface area contributed by atoms with Crippen molar-refractivity contribution in [3.63, 3.8) is 0 Å². The number of amides is 1. The molecule has 5 nitrogen and oxygen atoms in total. The molecule has 1 aliphatic rings. The van der Waals surface area contributed by atoms with Gasteiger partial charge in [0, 0.05) is 29.4 Å². The first kappa shape index (κ1) is 17.5. The van der Waals surface area contributed by atoms with Crippen molar-refractivity contribution in [3.8, 4) is 6.07 Å². The van der Waals surface area contributed by atoms with Gasteiger partial charge in [0.2, 0.25) is 0 Å². The predicted octanol–water partition coefficient (Wildman–Crippen LogP) is 1.90. The normalized spacial score (nSPS) is 22.0. The molecule has 5 heteroatoms. The fourth-order valence-corrected chi connectivity index (χ4v) is 3.33. The van der Waals surface area contributed by atoms with Crippen molar-refractivity contribution in [2.45, 2.75) is 77.5 Å². The fourth-order valence-electron chi connectivity index (χ4n) is 3.33. The third kappa shape index (κ3) is 4.21. The van der Waals surface area contributed by atoms with Gasteiger partial charge in [-0.25, -0.2) is 0 Å². The molecule has 1 rings (SSSR count). The minimum atomic E-state index is -0.325. The maximum absolute atomic E-state index is 12.1. The first-order chi connectivity index (χ1) is 9.49. The fraction of sp³-hybridized carbons (Fsp3) is 0.750. The molecule has 0 aliphatic carbocycles. The number of hydrogen-bond acceptors (Lipinski definition) is 4. The number of carbonyl (C=O) groups is 1. The smallest absolute Gasteiger partial charge is 0.263 e. The standard InChI is InChI=1S/C16H28N4O/c1-11(2)19-14(21)12(9-17)10-20-15(3,4)7-13(18)8-16(20,5)6/h10-11,13H,7-8,18H2,1-6H3,(H,19,21)/b12-10-. The molecule has 0 spiro atoms. The Morgan fingerprint density at radius 2 is 1.81 bits per heavy atom. The Kier molecular flexibility index (Phi) is 5.06. The van der Waals surface area contributed by atoms with Crippen LogP contribution in [0.2, 0.25) is 0 Å². The topological polar surface area (TPSA) is 82.2 Å². The van der Waals surface area contributed by atoms with Crippen LogP contribution in [-0.4, -0.2) is 34.0 Å². The number of hydrogen-bond donors (Lipinski definition) is 2. The van der Waals surface area contributed by atoms with Crippen LogP contribution in [-0.2, 0) is 4.79 Å². The molecule has 0 aromatic heterocycles. The van der Waals surface area contributed by atoms with Crippen LogP contribution in [0.15, 0.2) is 11.8 Å². The summed E-state index contributed by atoms with van der Waals surface area (Å²) >= 11 is 0. The zero-order valence-electron chi connectivity index (χ0n) is 14.0. The number of nitrogens with zero attached hydrogens (tertiary/aromatic N) is 2. The predicted molar refractivity (Wildman–Crippen MR) is 84.2 cm³/mol. The SMILES string of the molecule is CC(C)NC(=O)/C(C#N)=C\N1C(C)(C)CC(N)CC1(C)C. The second-order valence-corrected chi connectivity index (χ2v) is 7.45. The monoisotopic (exact) mass is 292 g/mol. The molecule has 0 atom stereocenters. The van der Waals surface area contributed by atoms with Gasteiger partial charge in [0.15, 0.2) is 0 Å². The van der Waals surface area contributed by atoms with Gasteiger partial charge in [0.1, 0.15) is 11.6 Å². The number of carbonyl (C=O) groups excluding carboxylic acids is 1. The van der Waals surface area contributed by atoms with Gasteiger partial charge in [0.05, 0.1) is 0 Å². The summed E-state index contributed by atoms with van der Waals surface area (Å²) < 4.78 is 0. The lowest BCUT2D eigenvalue weighted by Crippen LogP contribution is -2.61. The van der Waals surface area contributed by atoms with Crippen molar-refractivity contribution in [1.29, 1.82) is 5.26 Å². The van der Waals surface area contributed by atoms with Crippen molar-refractivity contribution in [2.24, 2.45) is 5.73 Å². The maximum atomic E-state index is 12.1. The van der Waals surface area contributed by atoms with Gasteiger partial charge in [0.25, 0.3) is 5.91 Å². The molecule has 0 aromatic rings. The third-order valence-electron chi connectivity index (χ3n) is 3.87. The second kappa shape index (κ2) is 6.07. The molecule has 1 fully saturated rings. The average Bonchev–Trinajstić information content (AvgIpc) is 2.24. The van der Waals surface area contributed by atoms with Crippen LogP contribution < -0.4 is 11.1 Å². The van der Waals surface area contributed by atoms with E-state index in [1.54, 1.807) is 6.20 Å². The highest BCUT2D eigenvalue weighted by Gasteiger charge is 2.43. The van der Waals surface area contributed by atoms with Crippen LogP contribution in [0.4, 0.5) is 0 Å². The van der Waals surface area contributed by atoms with Crippen LogP contribution in [0.1, 0.15) is 54.4 Å². The number of nitrogens with two attached hydrogens (primary N) is 1. The van der Waals surface area contributed by atoms with Gasteiger partial charge < -0.3 is 16.0 Å². The highest BCUT2D eigenvalue weighted by atomic mass is 16.1. The first-order valence-electron chi connectivity index (χ1n) is 7.47. The zero-order chi connectivity index (χ0) is 16.4. The zero-order valence-corrected chi connectivity index (χ0v) is 14.0. The van der Waals surface area contributed by atoms with Crippen molar-refractivity contribution >= 4 is 5.91 Å². The van der Waals surface area contributed by atoms with E-state index >= 15 is 0 Å². The Morgan fingerprint density at radius 1 is 1.33 bits per heavy atom. The van der Waals surface area contributed by atoms with Gasteiger partial charge in [-0.15, -0.1) is 0 Å². The van der Waals surface area contributed by atoms with Crippen LogP contribution in [0, 0.1) is 11.3 Å². The van der Waals surface area contributed by atoms with E-state index in [-0.39, 0.29) is 34.6 Å². The number of piperidine rings is 1. The lowest BCUT2D eigenvalue weighted by atomic mass is 9.77. The molecule has 0 radical (unpaired) electrons. The summed E-state index contributed by atoms with van der Waals surface area (Å²) in [4.78, 5) is 14.2. The van der Waals surface area contributed by atoms with Crippen LogP contribution in [0.3, 0.4) is 0 Å². The van der Waals surface area contributed by atoms with Gasteiger partial charge >= 0.3 is 0 Å². The summed E-state index contributed by atoms with van der Waals surface area (Å²) in [5, 5.41) is 12.1. The molecule has 3 N–H and O–H groups in total. The minimum absolute atomic E-state index is 0.00467. The molecule has 1 aliphatic heterocycles. The van der Waals surface area contributed by atoms with Crippen LogP contribution in [0.5, 0.6) is 0 Å². The first-order valence-corrected chi connectivity index (χ1v) is 7.47. The largest absolute Gasteiger partial charge is 0.366 e. The number of nitriles is 1. The van der Waals surface area contributed by atoms with Gasteiger partial charge in [-0.2, -0.15) is 5.26 Å². The summed E-state index contributed by atoms with van der Waals surface area (Å²) in [5.41, 5.74) is 5.90. The third-order valence-corrected chi connectivity index (χ3v) is 3.87. The second-order valence-electron chi connectivity index (χ2n) is 7.45. The molecule has 0 aromatic carbocycles. The Labute approximate surface area is 128 Å². The molecule has 0 saturated carbocycles. The van der Waals surface area contributed by atoms with E-state index in [0.717, 1.165) is 12.8 Å². The molecule has 1 saturated heterocycles. The molecular weight excluding hydrogens is 264 g/mol. The van der Waals surface area contributed by atoms with E-state index in [1.165, 1.54) is 0 Å². The Balaban J connectivity index is 3.13. The summed E-state index contributed by atoms with van der Waals surface area (Å²) in [7, 11) is 0. The van der Waals surface area contributed by atoms with E-state index in [0.29, 0.717) is 0 Å². The Bertz CT molecular complexity index is 453. The molecule has 21 heavy (non-hydrogen) atoms. The lowest BCUT2D eigenvalue weighted by Gasteiger charge is -2.54. The van der Waals surface area contributed by atoms with Crippen LogP contribution in [0.25, 0.3) is 0 Å².